The summed E-state index contributed by atoms with van der Waals surface area (Å²) in [6.07, 6.45) is 2.89. The molecule has 31 heavy (non-hydrogen) atoms. The molecule has 0 fully saturated rings. The minimum atomic E-state index is -0.557. The number of hydrogen-bond acceptors (Lipinski definition) is 5. The Morgan fingerprint density at radius 3 is 2.13 bits per heavy atom. The van der Waals surface area contributed by atoms with Crippen molar-refractivity contribution < 1.29 is 23.9 Å². The Kier molecular flexibility index (Phi) is 7.16. The maximum Gasteiger partial charge on any atom is 0.336 e. The van der Waals surface area contributed by atoms with Crippen LogP contribution in [0.25, 0.3) is 6.08 Å². The highest BCUT2D eigenvalue weighted by Gasteiger charge is 2.06. The summed E-state index contributed by atoms with van der Waals surface area (Å²) in [6.45, 7) is -0.198. The quantitative estimate of drug-likeness (QED) is 0.332. The lowest BCUT2D eigenvalue weighted by molar-refractivity contribution is -0.129. The molecule has 3 aromatic rings. The van der Waals surface area contributed by atoms with Crippen LogP contribution in [0.1, 0.15) is 15.9 Å². The molecular formula is C24H20N2O5. The number of esters is 1. The lowest BCUT2D eigenvalue weighted by Crippen LogP contribution is -2.19. The standard InChI is InChI=1S/C24H20N2O5/c25-22(27)16-30-20-11-6-17(7-12-20)8-15-23(28)31-21-13-9-19(10-14-21)26-24(29)18-4-2-1-3-5-18/h1-15H,16H2,(H2,25,27)(H,26,29)/b15-8+. The third-order valence-electron chi connectivity index (χ3n) is 4.04. The van der Waals surface area contributed by atoms with E-state index in [0.29, 0.717) is 22.7 Å². The molecule has 0 bridgehead atoms. The second-order valence-electron chi connectivity index (χ2n) is 6.42. The fourth-order valence-corrected chi connectivity index (χ4v) is 2.54. The minimum Gasteiger partial charge on any atom is -0.484 e. The molecule has 156 valence electrons. The smallest absolute Gasteiger partial charge is 0.336 e. The molecule has 0 atom stereocenters. The third kappa shape index (κ3) is 6.86. The second-order valence-corrected chi connectivity index (χ2v) is 6.42. The van der Waals surface area contributed by atoms with Gasteiger partial charge in [0.05, 0.1) is 0 Å². The van der Waals surface area contributed by atoms with E-state index in [0.717, 1.165) is 5.56 Å². The molecule has 0 saturated heterocycles. The van der Waals surface area contributed by atoms with Crippen LogP contribution in [0.4, 0.5) is 5.69 Å². The molecule has 0 unspecified atom stereocenters. The monoisotopic (exact) mass is 416 g/mol. The highest BCUT2D eigenvalue weighted by molar-refractivity contribution is 6.04. The van der Waals surface area contributed by atoms with Crippen LogP contribution < -0.4 is 20.5 Å². The molecule has 0 heterocycles. The number of primary amides is 1. The van der Waals surface area contributed by atoms with Gasteiger partial charge in [0.1, 0.15) is 11.5 Å². The number of nitrogens with one attached hydrogen (secondary N) is 1. The van der Waals surface area contributed by atoms with E-state index in [1.54, 1.807) is 78.9 Å². The Hall–Kier alpha value is -4.39. The number of hydrogen-bond donors (Lipinski definition) is 2. The maximum atomic E-state index is 12.2. The van der Waals surface area contributed by atoms with Gasteiger partial charge in [0, 0.05) is 17.3 Å². The summed E-state index contributed by atoms with van der Waals surface area (Å²) in [5, 5.41) is 2.78. The number of benzene rings is 3. The largest absolute Gasteiger partial charge is 0.484 e. The van der Waals surface area contributed by atoms with E-state index in [1.165, 1.54) is 6.08 Å². The van der Waals surface area contributed by atoms with Gasteiger partial charge in [-0.1, -0.05) is 30.3 Å². The van der Waals surface area contributed by atoms with Crippen LogP contribution in [-0.4, -0.2) is 24.4 Å². The molecule has 0 aromatic heterocycles. The fourth-order valence-electron chi connectivity index (χ4n) is 2.54. The minimum absolute atomic E-state index is 0.198. The number of nitrogens with two attached hydrogens (primary N) is 1. The zero-order valence-corrected chi connectivity index (χ0v) is 16.5. The van der Waals surface area contributed by atoms with Crippen molar-refractivity contribution in [1.29, 1.82) is 0 Å². The van der Waals surface area contributed by atoms with Crippen molar-refractivity contribution in [2.75, 3.05) is 11.9 Å². The van der Waals surface area contributed by atoms with Crippen molar-refractivity contribution in [3.8, 4) is 11.5 Å². The SMILES string of the molecule is NC(=O)COc1ccc(/C=C/C(=O)Oc2ccc(NC(=O)c3ccccc3)cc2)cc1. The highest BCUT2D eigenvalue weighted by atomic mass is 16.5. The van der Waals surface area contributed by atoms with Gasteiger partial charge in [-0.3, -0.25) is 9.59 Å². The third-order valence-corrected chi connectivity index (χ3v) is 4.04. The molecule has 3 N–H and O–H groups in total. The van der Waals surface area contributed by atoms with Crippen molar-refractivity contribution in [1.82, 2.24) is 0 Å². The van der Waals surface area contributed by atoms with Gasteiger partial charge < -0.3 is 20.5 Å². The van der Waals surface area contributed by atoms with Crippen molar-refractivity contribution >= 4 is 29.5 Å². The van der Waals surface area contributed by atoms with Gasteiger partial charge in [-0.25, -0.2) is 4.79 Å². The molecule has 0 aliphatic carbocycles. The van der Waals surface area contributed by atoms with Gasteiger partial charge in [-0.2, -0.15) is 0 Å². The van der Waals surface area contributed by atoms with Gasteiger partial charge >= 0.3 is 5.97 Å². The van der Waals surface area contributed by atoms with Crippen molar-refractivity contribution in [3.05, 3.63) is 96.1 Å². The first-order valence-electron chi connectivity index (χ1n) is 9.37. The van der Waals surface area contributed by atoms with Crippen LogP contribution >= 0.6 is 0 Å². The summed E-state index contributed by atoms with van der Waals surface area (Å²) in [5.41, 5.74) is 6.91. The maximum absolute atomic E-state index is 12.2. The Morgan fingerprint density at radius 2 is 1.48 bits per heavy atom. The molecule has 3 rings (SSSR count). The van der Waals surface area contributed by atoms with E-state index in [9.17, 15) is 14.4 Å². The number of amides is 2. The zero-order chi connectivity index (χ0) is 22.1. The summed E-state index contributed by atoms with van der Waals surface area (Å²) in [5.74, 6) is -0.478. The number of carbonyl (C=O) groups is 3. The van der Waals surface area contributed by atoms with Gasteiger partial charge in [0.15, 0.2) is 6.61 Å². The van der Waals surface area contributed by atoms with Crippen molar-refractivity contribution in [3.63, 3.8) is 0 Å². The van der Waals surface area contributed by atoms with Crippen molar-refractivity contribution in [2.45, 2.75) is 0 Å². The van der Waals surface area contributed by atoms with Crippen LogP contribution in [0.15, 0.2) is 84.9 Å². The van der Waals surface area contributed by atoms with Crippen LogP contribution in [0.2, 0.25) is 0 Å². The van der Waals surface area contributed by atoms with Gasteiger partial charge in [0.25, 0.3) is 11.8 Å². The average molecular weight is 416 g/mol. The van der Waals surface area contributed by atoms with Crippen LogP contribution in [0, 0.1) is 0 Å². The van der Waals surface area contributed by atoms with Crippen LogP contribution in [0.5, 0.6) is 11.5 Å². The first-order valence-corrected chi connectivity index (χ1v) is 9.37. The number of ether oxygens (including phenoxy) is 2. The van der Waals surface area contributed by atoms with E-state index >= 15 is 0 Å². The van der Waals surface area contributed by atoms with Crippen LogP contribution in [-0.2, 0) is 9.59 Å². The number of carbonyl (C=O) groups excluding carboxylic acids is 3. The Labute approximate surface area is 179 Å². The molecule has 7 nitrogen and oxygen atoms in total. The molecule has 0 aliphatic rings. The normalized spacial score (nSPS) is 10.5. The molecule has 2 amide bonds. The number of rotatable bonds is 8. The molecule has 0 radical (unpaired) electrons. The summed E-state index contributed by atoms with van der Waals surface area (Å²) in [7, 11) is 0. The Morgan fingerprint density at radius 1 is 0.839 bits per heavy atom. The van der Waals surface area contributed by atoms with Crippen LogP contribution in [0.3, 0.4) is 0 Å². The molecule has 3 aromatic carbocycles. The van der Waals surface area contributed by atoms with Crippen molar-refractivity contribution in [2.24, 2.45) is 5.73 Å². The lowest BCUT2D eigenvalue weighted by atomic mass is 10.2. The van der Waals surface area contributed by atoms with Gasteiger partial charge in [-0.05, 0) is 60.2 Å². The molecular weight excluding hydrogens is 396 g/mol. The lowest BCUT2D eigenvalue weighted by Gasteiger charge is -2.06. The summed E-state index contributed by atoms with van der Waals surface area (Å²) in [6, 6.07) is 22.1. The van der Waals surface area contributed by atoms with E-state index in [4.69, 9.17) is 15.2 Å². The Balaban J connectivity index is 1.51. The molecule has 0 saturated carbocycles. The van der Waals surface area contributed by atoms with E-state index in [1.807, 2.05) is 6.07 Å². The van der Waals surface area contributed by atoms with Gasteiger partial charge in [-0.15, -0.1) is 0 Å². The molecule has 7 heteroatoms. The first-order chi connectivity index (χ1) is 15.0. The number of anilines is 1. The predicted octanol–water partition coefficient (Wildman–Crippen LogP) is 3.42. The molecule has 0 aliphatic heterocycles. The summed E-state index contributed by atoms with van der Waals surface area (Å²) >= 11 is 0. The topological polar surface area (TPSA) is 108 Å². The predicted molar refractivity (Wildman–Crippen MR) is 117 cm³/mol. The van der Waals surface area contributed by atoms with E-state index in [-0.39, 0.29) is 12.5 Å². The van der Waals surface area contributed by atoms with E-state index in [2.05, 4.69) is 5.32 Å². The average Bonchev–Trinajstić information content (AvgIpc) is 2.79. The molecule has 0 spiro atoms. The summed E-state index contributed by atoms with van der Waals surface area (Å²) < 4.78 is 10.4. The van der Waals surface area contributed by atoms with Gasteiger partial charge in [0.2, 0.25) is 0 Å². The summed E-state index contributed by atoms with van der Waals surface area (Å²) in [4.78, 5) is 34.9. The first kappa shape index (κ1) is 21.3. The Bertz CT molecular complexity index is 1080. The highest BCUT2D eigenvalue weighted by Crippen LogP contribution is 2.17. The second kappa shape index (κ2) is 10.4. The fraction of sp³-hybridized carbons (Fsp3) is 0.0417. The zero-order valence-electron chi connectivity index (χ0n) is 16.5. The van der Waals surface area contributed by atoms with E-state index < -0.39 is 11.9 Å².